The van der Waals surface area contributed by atoms with E-state index in [2.05, 4.69) is 15.4 Å². The predicted molar refractivity (Wildman–Crippen MR) is 69.4 cm³/mol. The van der Waals surface area contributed by atoms with Crippen molar-refractivity contribution < 1.29 is 0 Å². The predicted octanol–water partition coefficient (Wildman–Crippen LogP) is 0.934. The van der Waals surface area contributed by atoms with Crippen LogP contribution in [0.25, 0.3) is 10.9 Å². The highest BCUT2D eigenvalue weighted by Crippen LogP contribution is 2.08. The van der Waals surface area contributed by atoms with Gasteiger partial charge in [0.2, 0.25) is 0 Å². The number of pyridine rings is 1. The summed E-state index contributed by atoms with van der Waals surface area (Å²) in [4.78, 5) is 16.4. The SMILES string of the molecule is O=c1c2cccnc2cnn1C[C@H]1CCCCN1. The zero-order valence-corrected chi connectivity index (χ0v) is 10.2. The van der Waals surface area contributed by atoms with Crippen LogP contribution in [0.2, 0.25) is 0 Å². The standard InChI is InChI=1S/C13H16N4O/c18-13-11-5-3-7-15-12(11)8-16-17(13)9-10-4-1-2-6-14-10/h3,5,7-8,10,14H,1-2,4,6,9H2/t10-/m1/s1. The van der Waals surface area contributed by atoms with Gasteiger partial charge in [-0.3, -0.25) is 9.78 Å². The van der Waals surface area contributed by atoms with Crippen LogP contribution in [0, 0.1) is 0 Å². The molecule has 1 aliphatic heterocycles. The van der Waals surface area contributed by atoms with Crippen LogP contribution in [0.5, 0.6) is 0 Å². The van der Waals surface area contributed by atoms with Gasteiger partial charge in [-0.05, 0) is 31.5 Å². The maximum Gasteiger partial charge on any atom is 0.276 e. The molecule has 1 atom stereocenters. The molecule has 2 aromatic rings. The smallest absolute Gasteiger partial charge is 0.276 e. The molecule has 3 heterocycles. The van der Waals surface area contributed by atoms with Gasteiger partial charge in [0, 0.05) is 12.2 Å². The monoisotopic (exact) mass is 244 g/mol. The molecule has 1 fully saturated rings. The van der Waals surface area contributed by atoms with Gasteiger partial charge in [0.25, 0.3) is 5.56 Å². The van der Waals surface area contributed by atoms with E-state index in [1.807, 2.05) is 0 Å². The fourth-order valence-electron chi connectivity index (χ4n) is 2.44. The molecule has 1 aliphatic rings. The molecule has 18 heavy (non-hydrogen) atoms. The average molecular weight is 244 g/mol. The number of piperidine rings is 1. The van der Waals surface area contributed by atoms with Crippen molar-refractivity contribution in [1.29, 1.82) is 0 Å². The highest BCUT2D eigenvalue weighted by atomic mass is 16.1. The molecule has 5 heteroatoms. The highest BCUT2D eigenvalue weighted by molar-refractivity contribution is 5.75. The van der Waals surface area contributed by atoms with E-state index in [1.54, 1.807) is 29.2 Å². The Labute approximate surface area is 105 Å². The summed E-state index contributed by atoms with van der Waals surface area (Å²) in [5.41, 5.74) is 0.614. The number of fused-ring (bicyclic) bond motifs is 1. The zero-order chi connectivity index (χ0) is 12.4. The molecule has 0 saturated carbocycles. The molecule has 0 bridgehead atoms. The lowest BCUT2D eigenvalue weighted by Gasteiger charge is -2.23. The van der Waals surface area contributed by atoms with Gasteiger partial charge in [0.15, 0.2) is 0 Å². The van der Waals surface area contributed by atoms with E-state index in [-0.39, 0.29) is 5.56 Å². The van der Waals surface area contributed by atoms with Gasteiger partial charge in [0.05, 0.1) is 23.6 Å². The fourth-order valence-corrected chi connectivity index (χ4v) is 2.44. The second kappa shape index (κ2) is 4.86. The molecule has 5 nitrogen and oxygen atoms in total. The lowest BCUT2D eigenvalue weighted by molar-refractivity contribution is 0.346. The fraction of sp³-hybridized carbons (Fsp3) is 0.462. The molecule has 2 aromatic heterocycles. The molecular formula is C13H16N4O. The third kappa shape index (κ3) is 2.13. The van der Waals surface area contributed by atoms with Crippen LogP contribution in [0.3, 0.4) is 0 Å². The Bertz CT molecular complexity index is 601. The number of hydrogen-bond donors (Lipinski definition) is 1. The van der Waals surface area contributed by atoms with E-state index < -0.39 is 0 Å². The minimum absolute atomic E-state index is 0.0482. The van der Waals surface area contributed by atoms with E-state index in [9.17, 15) is 4.79 Å². The van der Waals surface area contributed by atoms with Crippen LogP contribution < -0.4 is 10.9 Å². The molecule has 1 saturated heterocycles. The summed E-state index contributed by atoms with van der Waals surface area (Å²) >= 11 is 0. The van der Waals surface area contributed by atoms with E-state index in [0.717, 1.165) is 13.0 Å². The van der Waals surface area contributed by atoms with Crippen LogP contribution in [-0.2, 0) is 6.54 Å². The van der Waals surface area contributed by atoms with Crippen molar-refractivity contribution in [2.45, 2.75) is 31.8 Å². The third-order valence-corrected chi connectivity index (χ3v) is 3.43. The van der Waals surface area contributed by atoms with Crippen LogP contribution in [0.15, 0.2) is 29.3 Å². The minimum Gasteiger partial charge on any atom is -0.312 e. The highest BCUT2D eigenvalue weighted by Gasteiger charge is 2.14. The second-order valence-corrected chi connectivity index (χ2v) is 4.71. The third-order valence-electron chi connectivity index (χ3n) is 3.43. The maximum absolute atomic E-state index is 12.2. The van der Waals surface area contributed by atoms with Crippen molar-refractivity contribution in [3.63, 3.8) is 0 Å². The first-order valence-electron chi connectivity index (χ1n) is 6.39. The molecular weight excluding hydrogens is 228 g/mol. The van der Waals surface area contributed by atoms with Crippen molar-refractivity contribution in [1.82, 2.24) is 20.1 Å². The van der Waals surface area contributed by atoms with E-state index in [4.69, 9.17) is 0 Å². The number of aromatic nitrogens is 3. The Balaban J connectivity index is 1.92. The molecule has 0 amide bonds. The summed E-state index contributed by atoms with van der Waals surface area (Å²) in [5, 5.41) is 8.27. The Kier molecular flexibility index (Phi) is 3.06. The molecule has 0 spiro atoms. The topological polar surface area (TPSA) is 59.8 Å². The summed E-state index contributed by atoms with van der Waals surface area (Å²) < 4.78 is 1.55. The lowest BCUT2D eigenvalue weighted by atomic mass is 10.1. The first kappa shape index (κ1) is 11.3. The Morgan fingerprint density at radius 3 is 3.22 bits per heavy atom. The maximum atomic E-state index is 12.2. The van der Waals surface area contributed by atoms with Crippen LogP contribution in [0.1, 0.15) is 19.3 Å². The van der Waals surface area contributed by atoms with Crippen LogP contribution in [0.4, 0.5) is 0 Å². The van der Waals surface area contributed by atoms with Gasteiger partial charge in [-0.2, -0.15) is 5.10 Å². The molecule has 1 N–H and O–H groups in total. The van der Waals surface area contributed by atoms with Crippen LogP contribution >= 0.6 is 0 Å². The molecule has 3 rings (SSSR count). The van der Waals surface area contributed by atoms with Crippen molar-refractivity contribution in [3.8, 4) is 0 Å². The van der Waals surface area contributed by atoms with Crippen LogP contribution in [-0.4, -0.2) is 27.4 Å². The zero-order valence-electron chi connectivity index (χ0n) is 10.2. The van der Waals surface area contributed by atoms with Gasteiger partial charge in [-0.25, -0.2) is 4.68 Å². The Morgan fingerprint density at radius 1 is 1.44 bits per heavy atom. The van der Waals surface area contributed by atoms with E-state index >= 15 is 0 Å². The molecule has 94 valence electrons. The number of nitrogens with zero attached hydrogens (tertiary/aromatic N) is 3. The van der Waals surface area contributed by atoms with Crippen molar-refractivity contribution in [2.75, 3.05) is 6.54 Å². The first-order chi connectivity index (χ1) is 8.84. The lowest BCUT2D eigenvalue weighted by Crippen LogP contribution is -2.40. The summed E-state index contributed by atoms with van der Waals surface area (Å²) in [6.45, 7) is 1.68. The molecule has 0 radical (unpaired) electrons. The van der Waals surface area contributed by atoms with Gasteiger partial charge in [-0.1, -0.05) is 6.42 Å². The van der Waals surface area contributed by atoms with Crippen molar-refractivity contribution in [3.05, 3.63) is 34.9 Å². The second-order valence-electron chi connectivity index (χ2n) is 4.71. The molecule has 0 aliphatic carbocycles. The molecule has 0 aromatic carbocycles. The first-order valence-corrected chi connectivity index (χ1v) is 6.39. The molecule has 0 unspecified atom stereocenters. The van der Waals surface area contributed by atoms with Crippen molar-refractivity contribution in [2.24, 2.45) is 0 Å². The summed E-state index contributed by atoms with van der Waals surface area (Å²) in [7, 11) is 0. The number of nitrogens with one attached hydrogen (secondary N) is 1. The normalized spacial score (nSPS) is 20.1. The van der Waals surface area contributed by atoms with E-state index in [1.165, 1.54) is 12.8 Å². The number of hydrogen-bond acceptors (Lipinski definition) is 4. The minimum atomic E-state index is -0.0482. The summed E-state index contributed by atoms with van der Waals surface area (Å²) in [6.07, 6.45) is 6.90. The Hall–Kier alpha value is -1.75. The largest absolute Gasteiger partial charge is 0.312 e. The van der Waals surface area contributed by atoms with Gasteiger partial charge < -0.3 is 5.32 Å². The van der Waals surface area contributed by atoms with E-state index in [0.29, 0.717) is 23.5 Å². The average Bonchev–Trinajstić information content (AvgIpc) is 2.43. The Morgan fingerprint density at radius 2 is 2.39 bits per heavy atom. The summed E-state index contributed by atoms with van der Waals surface area (Å²) in [5.74, 6) is 0. The van der Waals surface area contributed by atoms with Gasteiger partial charge in [-0.15, -0.1) is 0 Å². The van der Waals surface area contributed by atoms with Gasteiger partial charge in [0.1, 0.15) is 0 Å². The summed E-state index contributed by atoms with van der Waals surface area (Å²) in [6, 6.07) is 3.95. The number of rotatable bonds is 2. The van der Waals surface area contributed by atoms with Gasteiger partial charge >= 0.3 is 0 Å². The van der Waals surface area contributed by atoms with Crippen molar-refractivity contribution >= 4 is 10.9 Å². The quantitative estimate of drug-likeness (QED) is 0.854.